The Morgan fingerprint density at radius 2 is 1.76 bits per heavy atom. The van der Waals surface area contributed by atoms with Gasteiger partial charge in [0.25, 0.3) is 5.91 Å². The standard InChI is InChI=1S/C23H21N5O2.C2HF3O2/c1-16-6-5-9-19(24-16)23(29)27-12-13-30-21(15-27)22-20-11-10-18(14-28(20)26-25-22)17-7-3-2-4-8-17;3-2(4,5)1(6)7/h2-11,14,21H,12-13,15H2,1H3;(H,6,7). The summed E-state index contributed by atoms with van der Waals surface area (Å²) in [5.41, 5.74) is 5.08. The molecule has 1 saturated heterocycles. The number of alkyl halides is 3. The van der Waals surface area contributed by atoms with E-state index in [1.165, 1.54) is 0 Å². The first kappa shape index (κ1) is 25.8. The summed E-state index contributed by atoms with van der Waals surface area (Å²) in [6.45, 7) is 3.28. The molecule has 0 bridgehead atoms. The second-order valence-corrected chi connectivity index (χ2v) is 8.17. The minimum Gasteiger partial charge on any atom is -0.475 e. The zero-order valence-corrected chi connectivity index (χ0v) is 19.6. The minimum atomic E-state index is -5.08. The Morgan fingerprint density at radius 3 is 2.43 bits per heavy atom. The van der Waals surface area contributed by atoms with E-state index in [-0.39, 0.29) is 12.0 Å². The van der Waals surface area contributed by atoms with Crippen molar-refractivity contribution in [2.24, 2.45) is 0 Å². The summed E-state index contributed by atoms with van der Waals surface area (Å²) in [5, 5.41) is 15.8. The summed E-state index contributed by atoms with van der Waals surface area (Å²) < 4.78 is 39.5. The lowest BCUT2D eigenvalue weighted by Gasteiger charge is -2.32. The molecule has 0 saturated carbocycles. The molecule has 0 radical (unpaired) electrons. The number of morpholine rings is 1. The van der Waals surface area contributed by atoms with E-state index in [1.54, 1.807) is 15.5 Å². The summed E-state index contributed by atoms with van der Waals surface area (Å²) in [6.07, 6.45) is -3.45. The zero-order valence-electron chi connectivity index (χ0n) is 19.6. The molecule has 9 nitrogen and oxygen atoms in total. The van der Waals surface area contributed by atoms with Crippen LogP contribution in [-0.2, 0) is 9.53 Å². The number of carbonyl (C=O) groups is 2. The lowest BCUT2D eigenvalue weighted by atomic mass is 10.1. The SMILES string of the molecule is Cc1cccc(C(=O)N2CCOC(c3nnn4cc(-c5ccccc5)ccc34)C2)n1.O=C(O)C(F)(F)F. The van der Waals surface area contributed by atoms with Gasteiger partial charge in [0, 0.05) is 24.0 Å². The van der Waals surface area contributed by atoms with Crippen molar-refractivity contribution >= 4 is 17.4 Å². The van der Waals surface area contributed by atoms with Crippen LogP contribution in [-0.4, -0.2) is 67.6 Å². The Hall–Kier alpha value is -4.32. The normalized spacial score (nSPS) is 15.7. The van der Waals surface area contributed by atoms with Crippen molar-refractivity contribution in [3.63, 3.8) is 0 Å². The Morgan fingerprint density at radius 1 is 1.03 bits per heavy atom. The molecule has 1 N–H and O–H groups in total. The summed E-state index contributed by atoms with van der Waals surface area (Å²) in [4.78, 5) is 27.9. The largest absolute Gasteiger partial charge is 0.490 e. The van der Waals surface area contributed by atoms with Gasteiger partial charge in [-0.25, -0.2) is 14.3 Å². The molecule has 4 heterocycles. The van der Waals surface area contributed by atoms with Crippen LogP contribution in [0.1, 0.15) is 28.0 Å². The lowest BCUT2D eigenvalue weighted by Crippen LogP contribution is -2.42. The number of halogens is 3. The third kappa shape index (κ3) is 6.09. The van der Waals surface area contributed by atoms with Gasteiger partial charge in [-0.3, -0.25) is 4.79 Å². The fraction of sp³-hybridized carbons (Fsp3) is 0.240. The maximum atomic E-state index is 12.9. The van der Waals surface area contributed by atoms with E-state index in [0.717, 1.165) is 28.0 Å². The number of hydrogen-bond donors (Lipinski definition) is 1. The molecular formula is C25H22F3N5O4. The van der Waals surface area contributed by atoms with Gasteiger partial charge < -0.3 is 14.7 Å². The highest BCUT2D eigenvalue weighted by Crippen LogP contribution is 2.27. The number of amides is 1. The molecule has 1 aliphatic rings. The molecule has 192 valence electrons. The average Bonchev–Trinajstić information content (AvgIpc) is 3.32. The minimum absolute atomic E-state index is 0.0881. The average molecular weight is 513 g/mol. The molecule has 1 fully saturated rings. The molecular weight excluding hydrogens is 491 g/mol. The first-order valence-electron chi connectivity index (χ1n) is 11.2. The van der Waals surface area contributed by atoms with Crippen molar-refractivity contribution in [1.82, 2.24) is 24.7 Å². The van der Waals surface area contributed by atoms with E-state index in [9.17, 15) is 18.0 Å². The van der Waals surface area contributed by atoms with E-state index < -0.39 is 12.1 Å². The fourth-order valence-electron chi connectivity index (χ4n) is 3.77. The molecule has 5 rings (SSSR count). The smallest absolute Gasteiger partial charge is 0.475 e. The Labute approximate surface area is 209 Å². The highest BCUT2D eigenvalue weighted by Gasteiger charge is 2.38. The van der Waals surface area contributed by atoms with Crippen LogP contribution in [0.15, 0.2) is 66.9 Å². The molecule has 0 aliphatic carbocycles. The summed E-state index contributed by atoms with van der Waals surface area (Å²) in [5.74, 6) is -2.85. The van der Waals surface area contributed by atoms with Gasteiger partial charge in [-0.1, -0.05) is 47.7 Å². The van der Waals surface area contributed by atoms with E-state index >= 15 is 0 Å². The van der Waals surface area contributed by atoms with Crippen LogP contribution in [0, 0.1) is 6.92 Å². The van der Waals surface area contributed by atoms with Crippen LogP contribution >= 0.6 is 0 Å². The lowest BCUT2D eigenvalue weighted by molar-refractivity contribution is -0.192. The zero-order chi connectivity index (χ0) is 26.6. The van der Waals surface area contributed by atoms with Crippen molar-refractivity contribution in [3.05, 3.63) is 83.9 Å². The van der Waals surface area contributed by atoms with Gasteiger partial charge in [0.15, 0.2) is 0 Å². The van der Waals surface area contributed by atoms with Crippen molar-refractivity contribution in [2.75, 3.05) is 19.7 Å². The Balaban J connectivity index is 0.000000405. The third-order valence-electron chi connectivity index (χ3n) is 5.56. The van der Waals surface area contributed by atoms with Crippen molar-refractivity contribution in [3.8, 4) is 11.1 Å². The van der Waals surface area contributed by atoms with Crippen molar-refractivity contribution in [2.45, 2.75) is 19.2 Å². The number of pyridine rings is 2. The van der Waals surface area contributed by atoms with E-state index in [2.05, 4.69) is 33.5 Å². The monoisotopic (exact) mass is 513 g/mol. The number of nitrogens with zero attached hydrogens (tertiary/aromatic N) is 5. The van der Waals surface area contributed by atoms with Crippen LogP contribution in [0.5, 0.6) is 0 Å². The molecule has 4 aromatic rings. The molecule has 1 atom stereocenters. The molecule has 12 heteroatoms. The van der Waals surface area contributed by atoms with Gasteiger partial charge >= 0.3 is 12.1 Å². The number of hydrogen-bond acceptors (Lipinski definition) is 6. The van der Waals surface area contributed by atoms with Crippen LogP contribution in [0.4, 0.5) is 13.2 Å². The third-order valence-corrected chi connectivity index (χ3v) is 5.56. The van der Waals surface area contributed by atoms with E-state index in [4.69, 9.17) is 14.6 Å². The van der Waals surface area contributed by atoms with Gasteiger partial charge in [0.05, 0.1) is 18.7 Å². The first-order valence-corrected chi connectivity index (χ1v) is 11.2. The predicted molar refractivity (Wildman–Crippen MR) is 126 cm³/mol. The van der Waals surface area contributed by atoms with Crippen molar-refractivity contribution in [1.29, 1.82) is 0 Å². The number of benzene rings is 1. The second-order valence-electron chi connectivity index (χ2n) is 8.17. The highest BCUT2D eigenvalue weighted by atomic mass is 19.4. The number of fused-ring (bicyclic) bond motifs is 1. The molecule has 1 aliphatic heterocycles. The quantitative estimate of drug-likeness (QED) is 0.442. The van der Waals surface area contributed by atoms with Crippen molar-refractivity contribution < 1.29 is 32.6 Å². The number of rotatable bonds is 3. The van der Waals surface area contributed by atoms with Crippen LogP contribution < -0.4 is 0 Å². The maximum Gasteiger partial charge on any atom is 0.490 e. The van der Waals surface area contributed by atoms with Crippen LogP contribution in [0.2, 0.25) is 0 Å². The number of aromatic nitrogens is 4. The Kier molecular flexibility index (Phi) is 7.48. The molecule has 1 unspecified atom stereocenters. The van der Waals surface area contributed by atoms with Crippen LogP contribution in [0.25, 0.3) is 16.6 Å². The van der Waals surface area contributed by atoms with E-state index in [0.29, 0.717) is 25.4 Å². The summed E-state index contributed by atoms with van der Waals surface area (Å²) >= 11 is 0. The van der Waals surface area contributed by atoms with Gasteiger partial charge in [-0.15, -0.1) is 5.10 Å². The first-order chi connectivity index (χ1) is 17.6. The number of carboxylic acids is 1. The van der Waals surface area contributed by atoms with E-state index in [1.807, 2.05) is 49.5 Å². The molecule has 37 heavy (non-hydrogen) atoms. The summed E-state index contributed by atoms with van der Waals surface area (Å²) in [6, 6.07) is 19.7. The maximum absolute atomic E-state index is 12.9. The summed E-state index contributed by atoms with van der Waals surface area (Å²) in [7, 11) is 0. The Bertz CT molecular complexity index is 1410. The van der Waals surface area contributed by atoms with Gasteiger partial charge in [-0.05, 0) is 30.7 Å². The number of carbonyl (C=O) groups excluding carboxylic acids is 1. The van der Waals surface area contributed by atoms with Gasteiger partial charge in [0.1, 0.15) is 17.5 Å². The van der Waals surface area contributed by atoms with Gasteiger partial charge in [0.2, 0.25) is 0 Å². The van der Waals surface area contributed by atoms with Gasteiger partial charge in [-0.2, -0.15) is 13.2 Å². The number of aryl methyl sites for hydroxylation is 1. The molecule has 1 aromatic carbocycles. The number of carboxylic acid groups (broad SMARTS) is 1. The molecule has 3 aromatic heterocycles. The van der Waals surface area contributed by atoms with Crippen LogP contribution in [0.3, 0.4) is 0 Å². The second kappa shape index (κ2) is 10.7. The molecule has 1 amide bonds. The number of ether oxygens (including phenoxy) is 1. The number of aliphatic carboxylic acids is 1. The highest BCUT2D eigenvalue weighted by molar-refractivity contribution is 5.92. The topological polar surface area (TPSA) is 110 Å². The fourth-order valence-corrected chi connectivity index (χ4v) is 3.77. The molecule has 0 spiro atoms. The predicted octanol–water partition coefficient (Wildman–Crippen LogP) is 3.95.